The van der Waals surface area contributed by atoms with Gasteiger partial charge in [-0.3, -0.25) is 4.79 Å². The first kappa shape index (κ1) is 16.3. The van der Waals surface area contributed by atoms with Crippen LogP contribution in [-0.4, -0.2) is 34.3 Å². The number of hydrogen-bond acceptors (Lipinski definition) is 3. The predicted molar refractivity (Wildman–Crippen MR) is 91.5 cm³/mol. The van der Waals surface area contributed by atoms with Gasteiger partial charge in [0.15, 0.2) is 0 Å². The van der Waals surface area contributed by atoms with Gasteiger partial charge in [0.2, 0.25) is 0 Å². The Labute approximate surface area is 145 Å². The molecule has 2 atom stereocenters. The number of carbonyl (C=O) groups is 1. The van der Waals surface area contributed by atoms with Gasteiger partial charge in [-0.1, -0.05) is 23.2 Å². The molecule has 1 aromatic heterocycles. The third kappa shape index (κ3) is 3.68. The monoisotopic (exact) mass is 352 g/mol. The van der Waals surface area contributed by atoms with E-state index in [1.165, 1.54) is 0 Å². The fourth-order valence-corrected chi connectivity index (χ4v) is 3.23. The van der Waals surface area contributed by atoms with Crippen molar-refractivity contribution in [2.75, 3.05) is 6.54 Å². The lowest BCUT2D eigenvalue weighted by atomic mass is 10.00. The maximum absolute atomic E-state index is 12.4. The number of hydrogen-bond donors (Lipinski definition) is 2. The summed E-state index contributed by atoms with van der Waals surface area (Å²) in [5.74, 6) is -0.123. The lowest BCUT2D eigenvalue weighted by molar-refractivity contribution is 0.0920. The largest absolute Gasteiger partial charge is 0.348 e. The summed E-state index contributed by atoms with van der Waals surface area (Å²) in [5.41, 5.74) is 1.19. The SMILES string of the molecule is CC1NCCCC1NC(=O)c1cnn(-c2ccc(Cl)cc2Cl)c1. The second-order valence-corrected chi connectivity index (χ2v) is 6.58. The third-order valence-electron chi connectivity index (χ3n) is 4.08. The average Bonchev–Trinajstić information content (AvgIpc) is 2.99. The summed E-state index contributed by atoms with van der Waals surface area (Å²) in [7, 11) is 0. The molecular weight excluding hydrogens is 335 g/mol. The Morgan fingerprint density at radius 2 is 2.26 bits per heavy atom. The molecule has 1 saturated heterocycles. The van der Waals surface area contributed by atoms with E-state index in [-0.39, 0.29) is 18.0 Å². The van der Waals surface area contributed by atoms with E-state index >= 15 is 0 Å². The standard InChI is InChI=1S/C16H18Cl2N4O/c1-10-14(3-2-6-19-10)21-16(23)11-8-20-22(9-11)15-5-4-12(17)7-13(15)18/h4-5,7-10,14,19H,2-3,6H2,1H3,(H,21,23). The van der Waals surface area contributed by atoms with Gasteiger partial charge in [0, 0.05) is 23.3 Å². The molecule has 1 aliphatic rings. The summed E-state index contributed by atoms with van der Waals surface area (Å²) in [6, 6.07) is 5.56. The van der Waals surface area contributed by atoms with Crippen LogP contribution in [0, 0.1) is 0 Å². The van der Waals surface area contributed by atoms with E-state index in [1.807, 2.05) is 0 Å². The molecule has 0 bridgehead atoms. The van der Waals surface area contributed by atoms with E-state index in [9.17, 15) is 4.79 Å². The molecule has 2 N–H and O–H groups in total. The Balaban J connectivity index is 1.74. The Morgan fingerprint density at radius 1 is 1.43 bits per heavy atom. The van der Waals surface area contributed by atoms with Crippen molar-refractivity contribution in [3.05, 3.63) is 46.2 Å². The molecular formula is C16H18Cl2N4O. The van der Waals surface area contributed by atoms with Gasteiger partial charge >= 0.3 is 0 Å². The van der Waals surface area contributed by atoms with Crippen LogP contribution in [0.3, 0.4) is 0 Å². The minimum atomic E-state index is -0.123. The zero-order chi connectivity index (χ0) is 16.4. The molecule has 0 aliphatic carbocycles. The van der Waals surface area contributed by atoms with Gasteiger partial charge in [-0.05, 0) is 44.5 Å². The molecule has 122 valence electrons. The van der Waals surface area contributed by atoms with Gasteiger partial charge in [0.1, 0.15) is 0 Å². The summed E-state index contributed by atoms with van der Waals surface area (Å²) in [6.45, 7) is 3.08. The van der Waals surface area contributed by atoms with Crippen LogP contribution in [0.1, 0.15) is 30.1 Å². The van der Waals surface area contributed by atoms with Crippen molar-refractivity contribution in [3.8, 4) is 5.69 Å². The highest BCUT2D eigenvalue weighted by atomic mass is 35.5. The summed E-state index contributed by atoms with van der Waals surface area (Å²) in [5, 5.41) is 11.7. The zero-order valence-electron chi connectivity index (χ0n) is 12.7. The quantitative estimate of drug-likeness (QED) is 0.892. The molecule has 2 heterocycles. The molecule has 3 rings (SSSR count). The molecule has 0 spiro atoms. The molecule has 2 aromatic rings. The van der Waals surface area contributed by atoms with Gasteiger partial charge in [-0.15, -0.1) is 0 Å². The molecule has 1 amide bonds. The third-order valence-corrected chi connectivity index (χ3v) is 4.62. The number of amides is 1. The van der Waals surface area contributed by atoms with E-state index in [0.29, 0.717) is 21.3 Å². The van der Waals surface area contributed by atoms with Crippen molar-refractivity contribution in [2.24, 2.45) is 0 Å². The Hall–Kier alpha value is -1.56. The molecule has 0 radical (unpaired) electrons. The minimum absolute atomic E-state index is 0.123. The van der Waals surface area contributed by atoms with E-state index in [4.69, 9.17) is 23.2 Å². The van der Waals surface area contributed by atoms with Crippen molar-refractivity contribution >= 4 is 29.1 Å². The Kier molecular flexibility index (Phi) is 4.90. The molecule has 5 nitrogen and oxygen atoms in total. The van der Waals surface area contributed by atoms with Gasteiger partial charge in [0.25, 0.3) is 5.91 Å². The van der Waals surface area contributed by atoms with Crippen molar-refractivity contribution in [2.45, 2.75) is 31.8 Å². The first-order chi connectivity index (χ1) is 11.0. The highest BCUT2D eigenvalue weighted by molar-refractivity contribution is 6.35. The molecule has 0 saturated carbocycles. The van der Waals surface area contributed by atoms with Crippen LogP contribution in [-0.2, 0) is 0 Å². The van der Waals surface area contributed by atoms with E-state index in [1.54, 1.807) is 35.3 Å². The normalized spacial score (nSPS) is 21.2. The lowest BCUT2D eigenvalue weighted by Gasteiger charge is -2.30. The predicted octanol–water partition coefficient (Wildman–Crippen LogP) is 3.05. The van der Waals surface area contributed by atoms with Crippen LogP contribution >= 0.6 is 23.2 Å². The lowest BCUT2D eigenvalue weighted by Crippen LogP contribution is -2.51. The highest BCUT2D eigenvalue weighted by Gasteiger charge is 2.23. The van der Waals surface area contributed by atoms with Crippen LogP contribution in [0.25, 0.3) is 5.69 Å². The maximum atomic E-state index is 12.4. The van der Waals surface area contributed by atoms with Crippen LogP contribution in [0.4, 0.5) is 0 Å². The molecule has 2 unspecified atom stereocenters. The number of piperidine rings is 1. The number of benzene rings is 1. The fraction of sp³-hybridized carbons (Fsp3) is 0.375. The number of carbonyl (C=O) groups excluding carboxylic acids is 1. The molecule has 1 fully saturated rings. The summed E-state index contributed by atoms with van der Waals surface area (Å²) >= 11 is 12.1. The van der Waals surface area contributed by atoms with Crippen molar-refractivity contribution < 1.29 is 4.79 Å². The van der Waals surface area contributed by atoms with Crippen molar-refractivity contribution in [3.63, 3.8) is 0 Å². The first-order valence-corrected chi connectivity index (χ1v) is 8.34. The maximum Gasteiger partial charge on any atom is 0.254 e. The average molecular weight is 353 g/mol. The van der Waals surface area contributed by atoms with Gasteiger partial charge in [-0.2, -0.15) is 5.10 Å². The second kappa shape index (κ2) is 6.91. The zero-order valence-corrected chi connectivity index (χ0v) is 14.2. The van der Waals surface area contributed by atoms with E-state index in [2.05, 4.69) is 22.7 Å². The summed E-state index contributed by atoms with van der Waals surface area (Å²) < 4.78 is 1.58. The number of aromatic nitrogens is 2. The summed E-state index contributed by atoms with van der Waals surface area (Å²) in [4.78, 5) is 12.4. The highest BCUT2D eigenvalue weighted by Crippen LogP contribution is 2.24. The molecule has 23 heavy (non-hydrogen) atoms. The van der Waals surface area contributed by atoms with Crippen molar-refractivity contribution in [1.82, 2.24) is 20.4 Å². The van der Waals surface area contributed by atoms with Crippen molar-refractivity contribution in [1.29, 1.82) is 0 Å². The van der Waals surface area contributed by atoms with Gasteiger partial charge in [-0.25, -0.2) is 4.68 Å². The first-order valence-electron chi connectivity index (χ1n) is 7.59. The van der Waals surface area contributed by atoms with Crippen LogP contribution < -0.4 is 10.6 Å². The van der Waals surface area contributed by atoms with Gasteiger partial charge < -0.3 is 10.6 Å². The fourth-order valence-electron chi connectivity index (χ4n) is 2.73. The number of nitrogens with one attached hydrogen (secondary N) is 2. The number of halogens is 2. The van der Waals surface area contributed by atoms with Crippen LogP contribution in [0.2, 0.25) is 10.0 Å². The van der Waals surface area contributed by atoms with Gasteiger partial charge in [0.05, 0.1) is 22.5 Å². The summed E-state index contributed by atoms with van der Waals surface area (Å²) in [6.07, 6.45) is 5.26. The molecule has 1 aromatic carbocycles. The number of rotatable bonds is 3. The Morgan fingerprint density at radius 3 is 3.00 bits per heavy atom. The van der Waals surface area contributed by atoms with E-state index in [0.717, 1.165) is 19.4 Å². The number of nitrogens with zero attached hydrogens (tertiary/aromatic N) is 2. The molecule has 7 heteroatoms. The van der Waals surface area contributed by atoms with Crippen LogP contribution in [0.15, 0.2) is 30.6 Å². The van der Waals surface area contributed by atoms with Crippen LogP contribution in [0.5, 0.6) is 0 Å². The molecule has 1 aliphatic heterocycles. The van der Waals surface area contributed by atoms with E-state index < -0.39 is 0 Å². The minimum Gasteiger partial charge on any atom is -0.348 e. The smallest absolute Gasteiger partial charge is 0.254 e. The second-order valence-electron chi connectivity index (χ2n) is 5.73. The topological polar surface area (TPSA) is 58.9 Å². The Bertz CT molecular complexity index is 716.